The third-order valence-electron chi connectivity index (χ3n) is 2.73. The lowest BCUT2D eigenvalue weighted by molar-refractivity contribution is -0.139. The molecule has 0 saturated carbocycles. The number of carbonyl (C=O) groups excluding carboxylic acids is 1. The summed E-state index contributed by atoms with van der Waals surface area (Å²) in [7, 11) is 0. The summed E-state index contributed by atoms with van der Waals surface area (Å²) < 4.78 is 0. The highest BCUT2D eigenvalue weighted by atomic mass is 16.4. The van der Waals surface area contributed by atoms with Crippen LogP contribution in [0.2, 0.25) is 0 Å². The Morgan fingerprint density at radius 1 is 1.25 bits per heavy atom. The molecule has 0 heterocycles. The molecule has 0 saturated heterocycles. The Morgan fingerprint density at radius 2 is 1.80 bits per heavy atom. The van der Waals surface area contributed by atoms with E-state index in [1.165, 1.54) is 6.92 Å². The molecule has 0 unspecified atom stereocenters. The van der Waals surface area contributed by atoms with Crippen LogP contribution in [0.5, 0.6) is 0 Å². The summed E-state index contributed by atoms with van der Waals surface area (Å²) in [5.74, 6) is -2.19. The minimum Gasteiger partial charge on any atom is -0.481 e. The second kappa shape index (κ2) is 9.22. The number of carboxylic acid groups (broad SMARTS) is 2. The standard InChI is InChI=1S/C10H15NO3.C3H7NO2/c11-8(6-9(12)13)10(14)7-4-2-1-3-5-7;1-2(4)3(5)6/h4,8H,1-3,5-6,11H2,(H,12,13);2H,4H2,1H3,(H,5,6)/t8-;2-/m00/s1. The van der Waals surface area contributed by atoms with Gasteiger partial charge in [0.2, 0.25) is 0 Å². The zero-order chi connectivity index (χ0) is 15.7. The van der Waals surface area contributed by atoms with Crippen LogP contribution in [0.1, 0.15) is 39.0 Å². The number of ketones is 1. The lowest BCUT2D eigenvalue weighted by Crippen LogP contribution is -2.34. The fraction of sp³-hybridized carbons (Fsp3) is 0.615. The smallest absolute Gasteiger partial charge is 0.320 e. The lowest BCUT2D eigenvalue weighted by atomic mass is 9.92. The molecule has 0 radical (unpaired) electrons. The van der Waals surface area contributed by atoms with Gasteiger partial charge in [0.15, 0.2) is 5.78 Å². The first kappa shape index (κ1) is 18.3. The summed E-state index contributed by atoms with van der Waals surface area (Å²) in [6.45, 7) is 1.42. The van der Waals surface area contributed by atoms with Gasteiger partial charge >= 0.3 is 11.9 Å². The van der Waals surface area contributed by atoms with Crippen molar-refractivity contribution >= 4 is 17.7 Å². The van der Waals surface area contributed by atoms with Gasteiger partial charge in [-0.05, 0) is 38.2 Å². The molecule has 114 valence electrons. The zero-order valence-electron chi connectivity index (χ0n) is 11.5. The van der Waals surface area contributed by atoms with E-state index in [9.17, 15) is 14.4 Å². The topological polar surface area (TPSA) is 144 Å². The molecule has 1 aliphatic carbocycles. The number of hydrogen-bond donors (Lipinski definition) is 4. The van der Waals surface area contributed by atoms with Crippen molar-refractivity contribution in [3.05, 3.63) is 11.6 Å². The Kier molecular flexibility index (Phi) is 8.42. The average Bonchev–Trinajstić information content (AvgIpc) is 2.38. The van der Waals surface area contributed by atoms with Gasteiger partial charge in [0, 0.05) is 0 Å². The van der Waals surface area contributed by atoms with Gasteiger partial charge in [-0.25, -0.2) is 0 Å². The van der Waals surface area contributed by atoms with E-state index >= 15 is 0 Å². The van der Waals surface area contributed by atoms with Crippen LogP contribution in [0.3, 0.4) is 0 Å². The maximum Gasteiger partial charge on any atom is 0.320 e. The molecule has 20 heavy (non-hydrogen) atoms. The molecule has 0 aromatic rings. The first-order valence-corrected chi connectivity index (χ1v) is 6.44. The van der Waals surface area contributed by atoms with Gasteiger partial charge in [0.05, 0.1) is 12.5 Å². The molecule has 0 amide bonds. The van der Waals surface area contributed by atoms with Crippen LogP contribution in [0, 0.1) is 0 Å². The van der Waals surface area contributed by atoms with Crippen molar-refractivity contribution in [2.45, 2.75) is 51.1 Å². The molecule has 0 aliphatic heterocycles. The van der Waals surface area contributed by atoms with E-state index in [0.717, 1.165) is 25.7 Å². The Hall–Kier alpha value is -1.73. The van der Waals surface area contributed by atoms with Crippen molar-refractivity contribution in [2.24, 2.45) is 11.5 Å². The van der Waals surface area contributed by atoms with Gasteiger partial charge in [0.25, 0.3) is 0 Å². The molecule has 7 nitrogen and oxygen atoms in total. The van der Waals surface area contributed by atoms with E-state index in [-0.39, 0.29) is 12.2 Å². The van der Waals surface area contributed by atoms with Crippen LogP contribution in [0.4, 0.5) is 0 Å². The largest absolute Gasteiger partial charge is 0.481 e. The predicted octanol–water partition coefficient (Wildman–Crippen LogP) is 0.276. The third kappa shape index (κ3) is 7.65. The van der Waals surface area contributed by atoms with Crippen LogP contribution in [-0.4, -0.2) is 40.0 Å². The number of rotatable bonds is 5. The number of aliphatic carboxylic acids is 2. The number of hydrogen-bond acceptors (Lipinski definition) is 5. The minimum atomic E-state index is -1.03. The summed E-state index contributed by atoms with van der Waals surface area (Å²) in [5, 5.41) is 16.3. The van der Waals surface area contributed by atoms with Gasteiger partial charge in [-0.3, -0.25) is 14.4 Å². The fourth-order valence-corrected chi connectivity index (χ4v) is 1.58. The molecule has 0 aromatic carbocycles. The maximum atomic E-state index is 11.6. The molecule has 0 fully saturated rings. The number of Topliss-reactive ketones (excluding diaryl/α,β-unsaturated/α-hetero) is 1. The highest BCUT2D eigenvalue weighted by molar-refractivity contribution is 6.01. The van der Waals surface area contributed by atoms with E-state index < -0.39 is 24.0 Å². The van der Waals surface area contributed by atoms with Gasteiger partial charge in [-0.1, -0.05) is 6.08 Å². The Balaban J connectivity index is 0.000000511. The molecular formula is C13H22N2O5. The van der Waals surface area contributed by atoms with Gasteiger partial charge < -0.3 is 21.7 Å². The quantitative estimate of drug-likeness (QED) is 0.568. The molecule has 6 N–H and O–H groups in total. The van der Waals surface area contributed by atoms with Crippen molar-refractivity contribution in [2.75, 3.05) is 0 Å². The molecule has 2 atom stereocenters. The summed E-state index contributed by atoms with van der Waals surface area (Å²) in [6.07, 6.45) is 5.35. The Bertz CT molecular complexity index is 390. The van der Waals surface area contributed by atoms with Gasteiger partial charge in [-0.2, -0.15) is 0 Å². The Labute approximate surface area is 117 Å². The normalized spacial score (nSPS) is 17.1. The molecule has 1 rings (SSSR count). The molecule has 0 bridgehead atoms. The molecule has 1 aliphatic rings. The van der Waals surface area contributed by atoms with Crippen molar-refractivity contribution in [1.82, 2.24) is 0 Å². The molecule has 0 aromatic heterocycles. The van der Waals surface area contributed by atoms with Crippen LogP contribution in [0.25, 0.3) is 0 Å². The van der Waals surface area contributed by atoms with E-state index in [4.69, 9.17) is 21.7 Å². The third-order valence-corrected chi connectivity index (χ3v) is 2.73. The number of carboxylic acids is 2. The fourth-order valence-electron chi connectivity index (χ4n) is 1.58. The Morgan fingerprint density at radius 3 is 2.15 bits per heavy atom. The van der Waals surface area contributed by atoms with Crippen LogP contribution in [-0.2, 0) is 14.4 Å². The van der Waals surface area contributed by atoms with Gasteiger partial charge in [-0.15, -0.1) is 0 Å². The first-order chi connectivity index (χ1) is 9.25. The first-order valence-electron chi connectivity index (χ1n) is 6.44. The van der Waals surface area contributed by atoms with Crippen molar-refractivity contribution in [3.63, 3.8) is 0 Å². The van der Waals surface area contributed by atoms with Crippen LogP contribution in [0.15, 0.2) is 11.6 Å². The van der Waals surface area contributed by atoms with Gasteiger partial charge in [0.1, 0.15) is 6.04 Å². The number of allylic oxidation sites excluding steroid dienone is 1. The van der Waals surface area contributed by atoms with E-state index in [0.29, 0.717) is 5.57 Å². The number of carbonyl (C=O) groups is 3. The highest BCUT2D eigenvalue weighted by Crippen LogP contribution is 2.19. The maximum absolute atomic E-state index is 11.6. The summed E-state index contributed by atoms with van der Waals surface area (Å²) in [5.41, 5.74) is 11.0. The van der Waals surface area contributed by atoms with E-state index in [2.05, 4.69) is 0 Å². The second-order valence-electron chi connectivity index (χ2n) is 4.67. The summed E-state index contributed by atoms with van der Waals surface area (Å²) in [6, 6.07) is -1.61. The zero-order valence-corrected chi connectivity index (χ0v) is 11.5. The van der Waals surface area contributed by atoms with E-state index in [1.807, 2.05) is 6.08 Å². The number of nitrogens with two attached hydrogens (primary N) is 2. The molecular weight excluding hydrogens is 264 g/mol. The van der Waals surface area contributed by atoms with Crippen LogP contribution < -0.4 is 11.5 Å². The van der Waals surface area contributed by atoms with Crippen LogP contribution >= 0.6 is 0 Å². The van der Waals surface area contributed by atoms with Crippen molar-refractivity contribution in [3.8, 4) is 0 Å². The minimum absolute atomic E-state index is 0.202. The SMILES string of the molecule is C[C@H](N)C(=O)O.N[C@@H](CC(=O)O)C(=O)C1=CCCCC1. The molecule has 7 heteroatoms. The van der Waals surface area contributed by atoms with Crippen molar-refractivity contribution < 1.29 is 24.6 Å². The van der Waals surface area contributed by atoms with E-state index in [1.54, 1.807) is 0 Å². The second-order valence-corrected chi connectivity index (χ2v) is 4.67. The average molecular weight is 286 g/mol. The summed E-state index contributed by atoms with van der Waals surface area (Å²) in [4.78, 5) is 31.5. The highest BCUT2D eigenvalue weighted by Gasteiger charge is 2.21. The predicted molar refractivity (Wildman–Crippen MR) is 73.1 cm³/mol. The molecule has 0 spiro atoms. The monoisotopic (exact) mass is 286 g/mol. The summed E-state index contributed by atoms with van der Waals surface area (Å²) >= 11 is 0. The van der Waals surface area contributed by atoms with Crippen molar-refractivity contribution in [1.29, 1.82) is 0 Å². The lowest BCUT2D eigenvalue weighted by Gasteiger charge is -2.14.